The Bertz CT molecular complexity index is 477. The molecular weight excluding hydrogens is 238 g/mol. The Labute approximate surface area is 104 Å². The number of nitro groups is 1. The number of nitrogens with two attached hydrogens (primary N) is 1. The van der Waals surface area contributed by atoms with E-state index >= 15 is 0 Å². The molecule has 1 aliphatic rings. The van der Waals surface area contributed by atoms with Crippen LogP contribution in [0.2, 0.25) is 0 Å². The third kappa shape index (κ3) is 2.48. The van der Waals surface area contributed by atoms with E-state index in [-0.39, 0.29) is 23.1 Å². The van der Waals surface area contributed by atoms with Crippen LogP contribution in [0.4, 0.5) is 17.5 Å². The van der Waals surface area contributed by atoms with Gasteiger partial charge >= 0.3 is 5.69 Å². The van der Waals surface area contributed by atoms with Crippen LogP contribution in [0.5, 0.6) is 0 Å². The quantitative estimate of drug-likeness (QED) is 0.606. The van der Waals surface area contributed by atoms with Gasteiger partial charge in [0.15, 0.2) is 0 Å². The molecule has 2 rings (SSSR count). The van der Waals surface area contributed by atoms with Gasteiger partial charge in [0.25, 0.3) is 0 Å². The molecule has 0 saturated carbocycles. The number of aromatic nitrogens is 2. The Morgan fingerprint density at radius 3 is 2.94 bits per heavy atom. The third-order valence-corrected chi connectivity index (χ3v) is 2.69. The summed E-state index contributed by atoms with van der Waals surface area (Å²) < 4.78 is 5.56. The summed E-state index contributed by atoms with van der Waals surface area (Å²) in [6, 6.07) is 0. The van der Waals surface area contributed by atoms with E-state index in [1.165, 1.54) is 0 Å². The largest absolute Gasteiger partial charge is 0.372 e. The first-order valence-corrected chi connectivity index (χ1v) is 5.55. The first kappa shape index (κ1) is 12.5. The van der Waals surface area contributed by atoms with E-state index in [0.29, 0.717) is 19.7 Å². The summed E-state index contributed by atoms with van der Waals surface area (Å²) in [6.07, 6.45) is 1.14. The molecular formula is C10H15N5O3. The highest BCUT2D eigenvalue weighted by Gasteiger charge is 2.32. The Morgan fingerprint density at radius 2 is 2.33 bits per heavy atom. The molecule has 0 radical (unpaired) electrons. The molecule has 8 heteroatoms. The topological polar surface area (TPSA) is 107 Å². The van der Waals surface area contributed by atoms with Crippen molar-refractivity contribution in [1.29, 1.82) is 0 Å². The Kier molecular flexibility index (Phi) is 3.04. The second-order valence-corrected chi connectivity index (χ2v) is 4.72. The van der Waals surface area contributed by atoms with E-state index in [1.54, 1.807) is 4.90 Å². The average Bonchev–Trinajstić information content (AvgIpc) is 2.27. The molecule has 18 heavy (non-hydrogen) atoms. The summed E-state index contributed by atoms with van der Waals surface area (Å²) in [5, 5.41) is 11.0. The lowest BCUT2D eigenvalue weighted by atomic mass is 10.1. The first-order chi connectivity index (χ1) is 8.39. The van der Waals surface area contributed by atoms with Crippen LogP contribution in [0.3, 0.4) is 0 Å². The van der Waals surface area contributed by atoms with Crippen molar-refractivity contribution in [3.63, 3.8) is 0 Å². The highest BCUT2D eigenvalue weighted by atomic mass is 16.6. The number of hydrogen-bond donors (Lipinski definition) is 1. The van der Waals surface area contributed by atoms with Gasteiger partial charge < -0.3 is 15.4 Å². The van der Waals surface area contributed by atoms with Crippen LogP contribution in [0.1, 0.15) is 13.8 Å². The van der Waals surface area contributed by atoms with Crippen molar-refractivity contribution < 1.29 is 9.66 Å². The van der Waals surface area contributed by atoms with E-state index in [4.69, 9.17) is 10.5 Å². The number of ether oxygens (including phenoxy) is 1. The third-order valence-electron chi connectivity index (χ3n) is 2.69. The molecule has 2 N–H and O–H groups in total. The maximum absolute atomic E-state index is 11.0. The number of hydrogen-bond acceptors (Lipinski definition) is 7. The smallest absolute Gasteiger partial charge is 0.329 e. The second kappa shape index (κ2) is 4.37. The molecule has 0 unspecified atom stereocenters. The minimum Gasteiger partial charge on any atom is -0.372 e. The molecule has 1 saturated heterocycles. The van der Waals surface area contributed by atoms with E-state index in [1.807, 2.05) is 13.8 Å². The highest BCUT2D eigenvalue weighted by molar-refractivity contribution is 5.58. The van der Waals surface area contributed by atoms with Crippen molar-refractivity contribution in [3.8, 4) is 0 Å². The Hall–Kier alpha value is -1.96. The van der Waals surface area contributed by atoms with E-state index in [2.05, 4.69) is 9.97 Å². The molecule has 0 bridgehead atoms. The molecule has 1 aliphatic heterocycles. The van der Waals surface area contributed by atoms with Crippen LogP contribution in [-0.2, 0) is 4.74 Å². The van der Waals surface area contributed by atoms with Crippen molar-refractivity contribution in [2.24, 2.45) is 0 Å². The van der Waals surface area contributed by atoms with Crippen LogP contribution in [0.15, 0.2) is 6.20 Å². The zero-order valence-corrected chi connectivity index (χ0v) is 10.3. The lowest BCUT2D eigenvalue weighted by molar-refractivity contribution is -0.384. The van der Waals surface area contributed by atoms with E-state index in [0.717, 1.165) is 6.20 Å². The standard InChI is InChI=1S/C10H15N5O3/c1-10(2)6-14(3-4-18-10)8-7(15(16)17)5-12-9(11)13-8/h5H,3-4,6H2,1-2H3,(H2,11,12,13). The molecule has 0 spiro atoms. The van der Waals surface area contributed by atoms with E-state index < -0.39 is 4.92 Å². The molecule has 1 fully saturated rings. The van der Waals surface area contributed by atoms with Crippen molar-refractivity contribution >= 4 is 17.5 Å². The number of morpholine rings is 1. The van der Waals surface area contributed by atoms with Gasteiger partial charge in [-0.25, -0.2) is 4.98 Å². The molecule has 1 aromatic heterocycles. The van der Waals surface area contributed by atoms with Gasteiger partial charge in [-0.05, 0) is 13.8 Å². The Morgan fingerprint density at radius 1 is 1.61 bits per heavy atom. The molecule has 2 heterocycles. The van der Waals surface area contributed by atoms with Crippen LogP contribution in [0.25, 0.3) is 0 Å². The Balaban J connectivity index is 2.37. The van der Waals surface area contributed by atoms with Crippen molar-refractivity contribution in [1.82, 2.24) is 9.97 Å². The SMILES string of the molecule is CC1(C)CN(c2nc(N)ncc2[N+](=O)[O-])CCO1. The fourth-order valence-electron chi connectivity index (χ4n) is 1.94. The highest BCUT2D eigenvalue weighted by Crippen LogP contribution is 2.29. The summed E-state index contributed by atoms with van der Waals surface area (Å²) in [6.45, 7) is 5.41. The van der Waals surface area contributed by atoms with Gasteiger partial charge in [-0.2, -0.15) is 4.98 Å². The van der Waals surface area contributed by atoms with Gasteiger partial charge in [0.1, 0.15) is 6.20 Å². The second-order valence-electron chi connectivity index (χ2n) is 4.72. The number of nitrogens with zero attached hydrogens (tertiary/aromatic N) is 4. The monoisotopic (exact) mass is 253 g/mol. The van der Waals surface area contributed by atoms with Gasteiger partial charge in [0, 0.05) is 13.1 Å². The number of anilines is 2. The van der Waals surface area contributed by atoms with E-state index in [9.17, 15) is 10.1 Å². The van der Waals surface area contributed by atoms with Gasteiger partial charge in [-0.3, -0.25) is 10.1 Å². The summed E-state index contributed by atoms with van der Waals surface area (Å²) in [7, 11) is 0. The maximum atomic E-state index is 11.0. The van der Waals surface area contributed by atoms with Crippen LogP contribution >= 0.6 is 0 Å². The molecule has 0 atom stereocenters. The maximum Gasteiger partial charge on any atom is 0.329 e. The van der Waals surface area contributed by atoms with Crippen molar-refractivity contribution in [2.75, 3.05) is 30.3 Å². The fraction of sp³-hybridized carbons (Fsp3) is 0.600. The zero-order chi connectivity index (χ0) is 13.3. The summed E-state index contributed by atoms with van der Waals surface area (Å²) in [5.41, 5.74) is 4.99. The van der Waals surface area contributed by atoms with Crippen LogP contribution < -0.4 is 10.6 Å². The molecule has 1 aromatic rings. The van der Waals surface area contributed by atoms with Gasteiger partial charge in [-0.15, -0.1) is 0 Å². The average molecular weight is 253 g/mol. The zero-order valence-electron chi connectivity index (χ0n) is 10.3. The number of rotatable bonds is 2. The minimum absolute atomic E-state index is 0.0277. The number of nitrogen functional groups attached to an aromatic ring is 1. The van der Waals surface area contributed by atoms with Crippen LogP contribution in [-0.4, -0.2) is 40.2 Å². The lowest BCUT2D eigenvalue weighted by Gasteiger charge is -2.38. The van der Waals surface area contributed by atoms with Gasteiger partial charge in [0.2, 0.25) is 11.8 Å². The van der Waals surface area contributed by atoms with Gasteiger partial charge in [0.05, 0.1) is 17.1 Å². The molecule has 98 valence electrons. The van der Waals surface area contributed by atoms with Gasteiger partial charge in [-0.1, -0.05) is 0 Å². The molecule has 0 aromatic carbocycles. The predicted molar refractivity (Wildman–Crippen MR) is 65.3 cm³/mol. The van der Waals surface area contributed by atoms with Crippen LogP contribution in [0, 0.1) is 10.1 Å². The minimum atomic E-state index is -0.503. The molecule has 0 amide bonds. The summed E-state index contributed by atoms with van der Waals surface area (Å²) in [4.78, 5) is 19.9. The predicted octanol–water partition coefficient (Wildman–Crippen LogP) is 0.582. The lowest BCUT2D eigenvalue weighted by Crippen LogP contribution is -2.48. The summed E-state index contributed by atoms with van der Waals surface area (Å²) in [5.74, 6) is 0.281. The molecule has 0 aliphatic carbocycles. The van der Waals surface area contributed by atoms with Crippen molar-refractivity contribution in [2.45, 2.75) is 19.4 Å². The fourth-order valence-corrected chi connectivity index (χ4v) is 1.94. The molecule has 8 nitrogen and oxygen atoms in total. The van der Waals surface area contributed by atoms with Crippen molar-refractivity contribution in [3.05, 3.63) is 16.3 Å². The summed E-state index contributed by atoms with van der Waals surface area (Å²) >= 11 is 0. The first-order valence-electron chi connectivity index (χ1n) is 5.55. The normalized spacial score (nSPS) is 18.7.